The minimum absolute atomic E-state index is 0.0875. The van der Waals surface area contributed by atoms with E-state index in [0.717, 1.165) is 0 Å². The van der Waals surface area contributed by atoms with Gasteiger partial charge in [0.05, 0.1) is 13.2 Å². The number of carbonyl (C=O) groups excluding carboxylic acids is 1. The van der Waals surface area contributed by atoms with Gasteiger partial charge in [-0.05, 0) is 43.3 Å². The molecule has 27 heavy (non-hydrogen) atoms. The molecule has 0 aliphatic heterocycles. The van der Waals surface area contributed by atoms with Gasteiger partial charge in [-0.2, -0.15) is 5.10 Å². The third-order valence-corrected chi connectivity index (χ3v) is 4.39. The Hall–Kier alpha value is -2.57. The van der Waals surface area contributed by atoms with Gasteiger partial charge in [0, 0.05) is 22.3 Å². The van der Waals surface area contributed by atoms with Crippen LogP contribution < -0.4 is 10.1 Å². The molecule has 0 aliphatic carbocycles. The first-order valence-corrected chi connectivity index (χ1v) is 8.93. The van der Waals surface area contributed by atoms with Crippen molar-refractivity contribution in [2.45, 2.75) is 13.5 Å². The molecule has 1 heterocycles. The van der Waals surface area contributed by atoms with Gasteiger partial charge in [0.1, 0.15) is 16.6 Å². The molecule has 0 fully saturated rings. The van der Waals surface area contributed by atoms with Gasteiger partial charge in [0.2, 0.25) is 0 Å². The molecule has 0 aliphatic rings. The first-order valence-electron chi connectivity index (χ1n) is 8.18. The second kappa shape index (κ2) is 8.41. The van der Waals surface area contributed by atoms with Crippen molar-refractivity contribution in [3.63, 3.8) is 0 Å². The van der Waals surface area contributed by atoms with Crippen LogP contribution in [0.5, 0.6) is 5.75 Å². The van der Waals surface area contributed by atoms with Crippen LogP contribution in [-0.4, -0.2) is 22.3 Å². The van der Waals surface area contributed by atoms with Crippen LogP contribution in [0.4, 0.5) is 10.2 Å². The first kappa shape index (κ1) is 19.2. The molecule has 3 rings (SSSR count). The number of nitrogens with one attached hydrogen (secondary N) is 1. The summed E-state index contributed by atoms with van der Waals surface area (Å²) in [6.07, 6.45) is 1.50. The molecule has 0 saturated heterocycles. The van der Waals surface area contributed by atoms with Crippen molar-refractivity contribution in [2.24, 2.45) is 0 Å². The zero-order valence-corrected chi connectivity index (χ0v) is 15.9. The van der Waals surface area contributed by atoms with Gasteiger partial charge in [0.25, 0.3) is 5.91 Å². The molecule has 1 amide bonds. The molecule has 1 aromatic heterocycles. The maximum absolute atomic E-state index is 13.9. The highest BCUT2D eigenvalue weighted by Gasteiger charge is 2.14. The molecule has 3 aromatic rings. The lowest BCUT2D eigenvalue weighted by Crippen LogP contribution is -2.13. The molecular formula is C19H16Cl2FN3O2. The van der Waals surface area contributed by atoms with E-state index in [-0.39, 0.29) is 23.3 Å². The number of ether oxygens (including phenoxy) is 1. The number of hydrogen-bond acceptors (Lipinski definition) is 3. The van der Waals surface area contributed by atoms with E-state index in [1.54, 1.807) is 30.3 Å². The van der Waals surface area contributed by atoms with Gasteiger partial charge >= 0.3 is 0 Å². The summed E-state index contributed by atoms with van der Waals surface area (Å²) in [6.45, 7) is 2.52. The summed E-state index contributed by atoms with van der Waals surface area (Å²) in [4.78, 5) is 12.4. The number of anilines is 1. The summed E-state index contributed by atoms with van der Waals surface area (Å²) in [7, 11) is 0. The Morgan fingerprint density at radius 3 is 2.59 bits per heavy atom. The number of halogens is 3. The third kappa shape index (κ3) is 4.59. The van der Waals surface area contributed by atoms with Crippen LogP contribution in [0.1, 0.15) is 22.8 Å². The lowest BCUT2D eigenvalue weighted by atomic mass is 10.2. The van der Waals surface area contributed by atoms with Gasteiger partial charge in [-0.1, -0.05) is 29.3 Å². The van der Waals surface area contributed by atoms with Crippen molar-refractivity contribution in [1.29, 1.82) is 0 Å². The second-order valence-electron chi connectivity index (χ2n) is 5.63. The van der Waals surface area contributed by atoms with Gasteiger partial charge in [0.15, 0.2) is 5.82 Å². The van der Waals surface area contributed by atoms with Crippen molar-refractivity contribution in [1.82, 2.24) is 9.78 Å². The van der Waals surface area contributed by atoms with E-state index in [1.807, 2.05) is 6.92 Å². The summed E-state index contributed by atoms with van der Waals surface area (Å²) in [5.74, 6) is 0.0596. The molecule has 0 atom stereocenters. The minimum Gasteiger partial charge on any atom is -0.494 e. The number of rotatable bonds is 6. The minimum atomic E-state index is -0.436. The predicted molar refractivity (Wildman–Crippen MR) is 103 cm³/mol. The molecule has 0 radical (unpaired) electrons. The standard InChI is InChI=1S/C19H16Cl2FN3O2/c1-2-27-13-8-6-12(7-9-13)19(26)23-18-16(21)11-25(24-18)10-14-15(20)4-3-5-17(14)22/h3-9,11H,2,10H2,1H3,(H,23,24,26). The highest BCUT2D eigenvalue weighted by molar-refractivity contribution is 6.33. The molecule has 1 N–H and O–H groups in total. The molecule has 2 aromatic carbocycles. The molecule has 140 valence electrons. The van der Waals surface area contributed by atoms with Crippen LogP contribution >= 0.6 is 23.2 Å². The number of benzene rings is 2. The molecule has 8 heteroatoms. The van der Waals surface area contributed by atoms with Crippen LogP contribution in [-0.2, 0) is 6.54 Å². The van der Waals surface area contributed by atoms with Gasteiger partial charge in [-0.3, -0.25) is 9.48 Å². The predicted octanol–water partition coefficient (Wildman–Crippen LogP) is 5.03. The van der Waals surface area contributed by atoms with Crippen molar-refractivity contribution < 1.29 is 13.9 Å². The van der Waals surface area contributed by atoms with E-state index in [9.17, 15) is 9.18 Å². The van der Waals surface area contributed by atoms with Gasteiger partial charge in [-0.15, -0.1) is 0 Å². The fraction of sp³-hybridized carbons (Fsp3) is 0.158. The van der Waals surface area contributed by atoms with Crippen LogP contribution in [0.2, 0.25) is 10.0 Å². The largest absolute Gasteiger partial charge is 0.494 e. The zero-order valence-electron chi connectivity index (χ0n) is 14.4. The Bertz CT molecular complexity index is 938. The Morgan fingerprint density at radius 1 is 1.19 bits per heavy atom. The number of aromatic nitrogens is 2. The average molecular weight is 408 g/mol. The van der Waals surface area contributed by atoms with E-state index in [2.05, 4.69) is 10.4 Å². The third-order valence-electron chi connectivity index (χ3n) is 3.76. The van der Waals surface area contributed by atoms with Gasteiger partial charge in [-0.25, -0.2) is 4.39 Å². The van der Waals surface area contributed by atoms with Crippen molar-refractivity contribution in [3.05, 3.63) is 75.7 Å². The molecule has 0 spiro atoms. The van der Waals surface area contributed by atoms with E-state index >= 15 is 0 Å². The van der Waals surface area contributed by atoms with Crippen LogP contribution in [0.25, 0.3) is 0 Å². The van der Waals surface area contributed by atoms with E-state index in [0.29, 0.717) is 28.5 Å². The molecule has 0 bridgehead atoms. The van der Waals surface area contributed by atoms with Crippen LogP contribution in [0.15, 0.2) is 48.7 Å². The van der Waals surface area contributed by atoms with E-state index in [4.69, 9.17) is 27.9 Å². The summed E-state index contributed by atoms with van der Waals surface area (Å²) in [5.41, 5.74) is 0.726. The van der Waals surface area contributed by atoms with Crippen LogP contribution in [0.3, 0.4) is 0 Å². The highest BCUT2D eigenvalue weighted by Crippen LogP contribution is 2.24. The topological polar surface area (TPSA) is 56.1 Å². The quantitative estimate of drug-likeness (QED) is 0.623. The van der Waals surface area contributed by atoms with E-state index < -0.39 is 5.82 Å². The smallest absolute Gasteiger partial charge is 0.256 e. The molecule has 5 nitrogen and oxygen atoms in total. The zero-order chi connectivity index (χ0) is 19.4. The fourth-order valence-electron chi connectivity index (χ4n) is 2.46. The fourth-order valence-corrected chi connectivity index (χ4v) is 2.88. The maximum Gasteiger partial charge on any atom is 0.256 e. The molecular weight excluding hydrogens is 392 g/mol. The number of amides is 1. The monoisotopic (exact) mass is 407 g/mol. The Balaban J connectivity index is 1.73. The van der Waals surface area contributed by atoms with E-state index in [1.165, 1.54) is 23.0 Å². The van der Waals surface area contributed by atoms with Crippen molar-refractivity contribution in [3.8, 4) is 5.75 Å². The molecule has 0 unspecified atom stereocenters. The lowest BCUT2D eigenvalue weighted by Gasteiger charge is -2.06. The van der Waals surface area contributed by atoms with Crippen molar-refractivity contribution >= 4 is 34.9 Å². The normalized spacial score (nSPS) is 10.7. The number of nitrogens with zero attached hydrogens (tertiary/aromatic N) is 2. The number of hydrogen-bond donors (Lipinski definition) is 1. The molecule has 0 saturated carbocycles. The number of carbonyl (C=O) groups is 1. The first-order chi connectivity index (χ1) is 13.0. The van der Waals surface area contributed by atoms with Crippen molar-refractivity contribution in [2.75, 3.05) is 11.9 Å². The van der Waals surface area contributed by atoms with Gasteiger partial charge < -0.3 is 10.1 Å². The highest BCUT2D eigenvalue weighted by atomic mass is 35.5. The van der Waals surface area contributed by atoms with Crippen LogP contribution in [0, 0.1) is 5.82 Å². The Kier molecular flexibility index (Phi) is 5.98. The maximum atomic E-state index is 13.9. The summed E-state index contributed by atoms with van der Waals surface area (Å²) in [5, 5.41) is 7.38. The summed E-state index contributed by atoms with van der Waals surface area (Å²) in [6, 6.07) is 11.1. The Morgan fingerprint density at radius 2 is 1.93 bits per heavy atom. The second-order valence-corrected chi connectivity index (χ2v) is 6.45. The lowest BCUT2D eigenvalue weighted by molar-refractivity contribution is 0.102. The summed E-state index contributed by atoms with van der Waals surface area (Å²) >= 11 is 12.2. The average Bonchev–Trinajstić information content (AvgIpc) is 2.98. The SMILES string of the molecule is CCOc1ccc(C(=O)Nc2nn(Cc3c(F)cccc3Cl)cc2Cl)cc1. The Labute approximate surface area is 165 Å². The summed E-state index contributed by atoms with van der Waals surface area (Å²) < 4.78 is 20.7.